The minimum Gasteiger partial charge on any atom is -0.485 e. The summed E-state index contributed by atoms with van der Waals surface area (Å²) < 4.78 is 10.5. The highest BCUT2D eigenvalue weighted by atomic mass is 35.5. The summed E-state index contributed by atoms with van der Waals surface area (Å²) in [6.07, 6.45) is -0.153. The molecule has 1 rings (SSSR count). The molecule has 14 heavy (non-hydrogen) atoms. The molecule has 4 heteroatoms. The Bertz CT molecular complexity index is 281. The van der Waals surface area contributed by atoms with Crippen molar-refractivity contribution in [1.29, 1.82) is 0 Å². The number of hydrogen-bond donors (Lipinski definition) is 1. The van der Waals surface area contributed by atoms with Crippen molar-refractivity contribution in [3.63, 3.8) is 0 Å². The summed E-state index contributed by atoms with van der Waals surface area (Å²) in [7, 11) is 1.61. The van der Waals surface area contributed by atoms with Gasteiger partial charge in [-0.25, -0.2) is 0 Å². The minimum atomic E-state index is -0.153. The number of hydrogen-bond acceptors (Lipinski definition) is 3. The molecule has 0 heterocycles. The summed E-state index contributed by atoms with van der Waals surface area (Å²) in [5.74, 6) is 0.640. The smallest absolute Gasteiger partial charge is 0.138 e. The molecule has 1 aromatic carbocycles. The molecular weight excluding hydrogens is 202 g/mol. The van der Waals surface area contributed by atoms with Crippen LogP contribution in [0.15, 0.2) is 24.3 Å². The van der Waals surface area contributed by atoms with E-state index in [1.165, 1.54) is 0 Å². The lowest BCUT2D eigenvalue weighted by Crippen LogP contribution is -2.31. The average molecular weight is 216 g/mol. The summed E-state index contributed by atoms with van der Waals surface area (Å²) in [5, 5.41) is 0.585. The summed E-state index contributed by atoms with van der Waals surface area (Å²) in [6, 6.07) is 7.29. The molecule has 0 amide bonds. The van der Waals surface area contributed by atoms with Gasteiger partial charge in [0.05, 0.1) is 11.6 Å². The molecule has 0 aromatic heterocycles. The van der Waals surface area contributed by atoms with E-state index in [9.17, 15) is 0 Å². The Kier molecular flexibility index (Phi) is 4.73. The Morgan fingerprint density at radius 1 is 1.43 bits per heavy atom. The van der Waals surface area contributed by atoms with Crippen LogP contribution in [0, 0.1) is 0 Å². The van der Waals surface area contributed by atoms with Gasteiger partial charge < -0.3 is 15.2 Å². The molecule has 0 spiro atoms. The summed E-state index contributed by atoms with van der Waals surface area (Å²) >= 11 is 5.92. The van der Waals surface area contributed by atoms with E-state index in [1.54, 1.807) is 19.2 Å². The van der Waals surface area contributed by atoms with Gasteiger partial charge in [-0.05, 0) is 12.1 Å². The highest BCUT2D eigenvalue weighted by Crippen LogP contribution is 2.23. The van der Waals surface area contributed by atoms with Crippen molar-refractivity contribution in [3.05, 3.63) is 29.3 Å². The predicted octanol–water partition coefficient (Wildman–Crippen LogP) is 1.69. The molecule has 0 saturated carbocycles. The first-order valence-electron chi connectivity index (χ1n) is 4.38. The van der Waals surface area contributed by atoms with Gasteiger partial charge in [0.1, 0.15) is 11.9 Å². The monoisotopic (exact) mass is 215 g/mol. The van der Waals surface area contributed by atoms with Crippen molar-refractivity contribution in [2.75, 3.05) is 20.3 Å². The number of ether oxygens (including phenoxy) is 2. The topological polar surface area (TPSA) is 44.5 Å². The second-order valence-electron chi connectivity index (χ2n) is 2.86. The molecule has 0 aliphatic rings. The first-order chi connectivity index (χ1) is 6.77. The zero-order valence-electron chi connectivity index (χ0n) is 8.07. The maximum absolute atomic E-state index is 5.92. The Morgan fingerprint density at radius 3 is 2.71 bits per heavy atom. The summed E-state index contributed by atoms with van der Waals surface area (Å²) in [5.41, 5.74) is 5.51. The molecule has 0 aliphatic carbocycles. The fourth-order valence-corrected chi connectivity index (χ4v) is 1.24. The Hall–Kier alpha value is -0.770. The van der Waals surface area contributed by atoms with Gasteiger partial charge >= 0.3 is 0 Å². The number of para-hydroxylation sites is 1. The molecule has 1 unspecified atom stereocenters. The first kappa shape index (κ1) is 11.3. The van der Waals surface area contributed by atoms with Gasteiger partial charge in [0, 0.05) is 13.7 Å². The van der Waals surface area contributed by atoms with Crippen LogP contribution >= 0.6 is 11.6 Å². The Balaban J connectivity index is 2.62. The molecule has 1 atom stereocenters. The number of halogens is 1. The fourth-order valence-electron chi connectivity index (χ4n) is 1.06. The molecule has 0 radical (unpaired) electrons. The minimum absolute atomic E-state index is 0.153. The van der Waals surface area contributed by atoms with Gasteiger partial charge in [-0.1, -0.05) is 23.7 Å². The third kappa shape index (κ3) is 3.18. The molecular formula is C10H14ClNO2. The molecule has 0 aliphatic heterocycles. The highest BCUT2D eigenvalue weighted by Gasteiger charge is 2.09. The zero-order valence-corrected chi connectivity index (χ0v) is 8.83. The molecule has 0 saturated heterocycles. The van der Waals surface area contributed by atoms with Crippen LogP contribution < -0.4 is 10.5 Å². The highest BCUT2D eigenvalue weighted by molar-refractivity contribution is 6.32. The second-order valence-corrected chi connectivity index (χ2v) is 3.27. The van der Waals surface area contributed by atoms with E-state index in [0.29, 0.717) is 23.9 Å². The van der Waals surface area contributed by atoms with Crippen LogP contribution in [-0.2, 0) is 4.74 Å². The third-order valence-corrected chi connectivity index (χ3v) is 2.06. The SMILES string of the molecule is COCC(CN)Oc1ccccc1Cl. The molecule has 3 nitrogen and oxygen atoms in total. The van der Waals surface area contributed by atoms with E-state index in [2.05, 4.69) is 0 Å². The van der Waals surface area contributed by atoms with Crippen LogP contribution in [0.25, 0.3) is 0 Å². The van der Waals surface area contributed by atoms with E-state index in [0.717, 1.165) is 0 Å². The summed E-state index contributed by atoms with van der Waals surface area (Å²) in [4.78, 5) is 0. The maximum atomic E-state index is 5.92. The van der Waals surface area contributed by atoms with Gasteiger partial charge in [0.25, 0.3) is 0 Å². The zero-order chi connectivity index (χ0) is 10.4. The number of methoxy groups -OCH3 is 1. The quantitative estimate of drug-likeness (QED) is 0.813. The lowest BCUT2D eigenvalue weighted by Gasteiger charge is -2.17. The van der Waals surface area contributed by atoms with Crippen LogP contribution in [0.1, 0.15) is 0 Å². The number of nitrogens with two attached hydrogens (primary N) is 1. The molecule has 0 bridgehead atoms. The normalized spacial score (nSPS) is 12.5. The van der Waals surface area contributed by atoms with Crippen molar-refractivity contribution in [2.45, 2.75) is 6.10 Å². The number of rotatable bonds is 5. The van der Waals surface area contributed by atoms with Crippen molar-refractivity contribution >= 4 is 11.6 Å². The van der Waals surface area contributed by atoms with E-state index in [1.807, 2.05) is 12.1 Å². The van der Waals surface area contributed by atoms with Crippen molar-refractivity contribution in [2.24, 2.45) is 5.73 Å². The van der Waals surface area contributed by atoms with Crippen LogP contribution in [0.4, 0.5) is 0 Å². The molecule has 2 N–H and O–H groups in total. The average Bonchev–Trinajstić information content (AvgIpc) is 2.20. The van der Waals surface area contributed by atoms with Crippen LogP contribution in [0.5, 0.6) is 5.75 Å². The maximum Gasteiger partial charge on any atom is 0.138 e. The summed E-state index contributed by atoms with van der Waals surface area (Å²) in [6.45, 7) is 0.862. The largest absolute Gasteiger partial charge is 0.485 e. The van der Waals surface area contributed by atoms with Gasteiger partial charge in [-0.15, -0.1) is 0 Å². The lowest BCUT2D eigenvalue weighted by atomic mass is 10.3. The van der Waals surface area contributed by atoms with E-state index >= 15 is 0 Å². The fraction of sp³-hybridized carbons (Fsp3) is 0.400. The standard InChI is InChI=1S/C10H14ClNO2/c1-13-7-8(6-12)14-10-5-3-2-4-9(10)11/h2-5,8H,6-7,12H2,1H3. The van der Waals surface area contributed by atoms with Gasteiger partial charge in [0.15, 0.2) is 0 Å². The van der Waals surface area contributed by atoms with E-state index in [4.69, 9.17) is 26.8 Å². The predicted molar refractivity (Wildman–Crippen MR) is 56.8 cm³/mol. The van der Waals surface area contributed by atoms with E-state index < -0.39 is 0 Å². The van der Waals surface area contributed by atoms with Crippen molar-refractivity contribution < 1.29 is 9.47 Å². The molecule has 0 fully saturated rings. The van der Waals surface area contributed by atoms with Gasteiger partial charge in [-0.2, -0.15) is 0 Å². The molecule has 1 aromatic rings. The lowest BCUT2D eigenvalue weighted by molar-refractivity contribution is 0.0861. The van der Waals surface area contributed by atoms with Crippen molar-refractivity contribution in [3.8, 4) is 5.75 Å². The van der Waals surface area contributed by atoms with Crippen LogP contribution in [-0.4, -0.2) is 26.4 Å². The van der Waals surface area contributed by atoms with E-state index in [-0.39, 0.29) is 6.10 Å². The Morgan fingerprint density at radius 2 is 2.14 bits per heavy atom. The molecule has 78 valence electrons. The van der Waals surface area contributed by atoms with Crippen LogP contribution in [0.3, 0.4) is 0 Å². The second kappa shape index (κ2) is 5.86. The number of benzene rings is 1. The Labute approximate surface area is 88.8 Å². The van der Waals surface area contributed by atoms with Crippen LogP contribution in [0.2, 0.25) is 5.02 Å². The van der Waals surface area contributed by atoms with Crippen molar-refractivity contribution in [1.82, 2.24) is 0 Å². The first-order valence-corrected chi connectivity index (χ1v) is 4.76. The third-order valence-electron chi connectivity index (χ3n) is 1.75. The van der Waals surface area contributed by atoms with Gasteiger partial charge in [0.2, 0.25) is 0 Å². The van der Waals surface area contributed by atoms with Gasteiger partial charge in [-0.3, -0.25) is 0 Å².